The Bertz CT molecular complexity index is 333. The Morgan fingerprint density at radius 1 is 0.789 bits per heavy atom. The highest BCUT2D eigenvalue weighted by molar-refractivity contribution is 5.83. The molecule has 0 saturated heterocycles. The largest absolute Gasteiger partial charge is 0.299 e. The molecule has 0 N–H and O–H groups in total. The fourth-order valence-corrected chi connectivity index (χ4v) is 5.59. The fraction of sp³-hybridized carbons (Fsp3) is 0.944. The Hall–Kier alpha value is -0.330. The molecule has 5 unspecified atom stereocenters. The van der Waals surface area contributed by atoms with E-state index in [0.29, 0.717) is 11.7 Å². The average Bonchev–Trinajstić information content (AvgIpc) is 2.45. The van der Waals surface area contributed by atoms with E-state index in [0.717, 1.165) is 23.7 Å². The van der Waals surface area contributed by atoms with Crippen molar-refractivity contribution in [2.24, 2.45) is 35.5 Å². The van der Waals surface area contributed by atoms with Gasteiger partial charge in [0.1, 0.15) is 5.78 Å². The SMILES string of the molecule is CC(C)C(=O)C1CCCC2C3CCCCC3CCC12. The van der Waals surface area contributed by atoms with Gasteiger partial charge in [-0.3, -0.25) is 4.79 Å². The van der Waals surface area contributed by atoms with Crippen molar-refractivity contribution in [3.63, 3.8) is 0 Å². The van der Waals surface area contributed by atoms with Gasteiger partial charge in [0.2, 0.25) is 0 Å². The highest BCUT2D eigenvalue weighted by Crippen LogP contribution is 2.53. The topological polar surface area (TPSA) is 17.1 Å². The summed E-state index contributed by atoms with van der Waals surface area (Å²) in [6, 6.07) is 0. The lowest BCUT2D eigenvalue weighted by atomic mass is 9.54. The number of hydrogen-bond donors (Lipinski definition) is 0. The maximum atomic E-state index is 12.5. The third kappa shape index (κ3) is 2.50. The molecule has 0 aromatic rings. The van der Waals surface area contributed by atoms with Gasteiger partial charge < -0.3 is 0 Å². The highest BCUT2D eigenvalue weighted by Gasteiger charge is 2.46. The van der Waals surface area contributed by atoms with Crippen LogP contribution in [0.25, 0.3) is 0 Å². The Labute approximate surface area is 118 Å². The average molecular weight is 262 g/mol. The maximum Gasteiger partial charge on any atom is 0.138 e. The molecule has 0 radical (unpaired) electrons. The summed E-state index contributed by atoms with van der Waals surface area (Å²) < 4.78 is 0. The van der Waals surface area contributed by atoms with Crippen LogP contribution < -0.4 is 0 Å². The van der Waals surface area contributed by atoms with E-state index in [1.54, 1.807) is 0 Å². The molecule has 0 amide bonds. The molecule has 0 bridgehead atoms. The van der Waals surface area contributed by atoms with E-state index in [-0.39, 0.29) is 5.92 Å². The van der Waals surface area contributed by atoms with Crippen molar-refractivity contribution in [2.45, 2.75) is 71.6 Å². The first kappa shape index (κ1) is 13.6. The van der Waals surface area contributed by atoms with Gasteiger partial charge in [-0.2, -0.15) is 0 Å². The highest BCUT2D eigenvalue weighted by atomic mass is 16.1. The summed E-state index contributed by atoms with van der Waals surface area (Å²) in [6.45, 7) is 4.19. The van der Waals surface area contributed by atoms with Crippen molar-refractivity contribution in [3.05, 3.63) is 0 Å². The molecular weight excluding hydrogens is 232 g/mol. The van der Waals surface area contributed by atoms with Gasteiger partial charge in [-0.1, -0.05) is 39.5 Å². The molecule has 3 saturated carbocycles. The fourth-order valence-electron chi connectivity index (χ4n) is 5.59. The molecule has 0 spiro atoms. The van der Waals surface area contributed by atoms with Crippen molar-refractivity contribution >= 4 is 5.78 Å². The minimum Gasteiger partial charge on any atom is -0.299 e. The summed E-state index contributed by atoms with van der Waals surface area (Å²) in [5, 5.41) is 0. The molecule has 0 aromatic carbocycles. The van der Waals surface area contributed by atoms with Gasteiger partial charge in [0.25, 0.3) is 0 Å². The zero-order valence-electron chi connectivity index (χ0n) is 12.7. The number of fused-ring (bicyclic) bond motifs is 3. The smallest absolute Gasteiger partial charge is 0.138 e. The standard InChI is InChI=1S/C18H30O/c1-12(2)18(19)17-9-5-8-15-14-7-4-3-6-13(14)10-11-16(15)17/h12-17H,3-11H2,1-2H3. The van der Waals surface area contributed by atoms with Crippen LogP contribution in [0.1, 0.15) is 71.6 Å². The zero-order chi connectivity index (χ0) is 13.4. The first-order chi connectivity index (χ1) is 9.18. The lowest BCUT2D eigenvalue weighted by Crippen LogP contribution is -2.44. The molecule has 1 nitrogen and oxygen atoms in total. The van der Waals surface area contributed by atoms with Crippen molar-refractivity contribution in [3.8, 4) is 0 Å². The van der Waals surface area contributed by atoms with E-state index in [1.807, 2.05) is 0 Å². The molecule has 108 valence electrons. The van der Waals surface area contributed by atoms with Crippen molar-refractivity contribution in [2.75, 3.05) is 0 Å². The number of rotatable bonds is 2. The Balaban J connectivity index is 1.76. The number of carbonyl (C=O) groups excluding carboxylic acids is 1. The molecule has 1 heteroatoms. The van der Waals surface area contributed by atoms with Crippen molar-refractivity contribution in [1.82, 2.24) is 0 Å². The summed E-state index contributed by atoms with van der Waals surface area (Å²) in [6.07, 6.45) is 12.6. The third-order valence-corrected chi connectivity index (χ3v) is 6.44. The molecular formula is C18H30O. The zero-order valence-corrected chi connectivity index (χ0v) is 12.7. The molecule has 5 atom stereocenters. The monoisotopic (exact) mass is 262 g/mol. The van der Waals surface area contributed by atoms with Gasteiger partial charge in [-0.05, 0) is 55.8 Å². The summed E-state index contributed by atoms with van der Waals surface area (Å²) >= 11 is 0. The third-order valence-electron chi connectivity index (χ3n) is 6.44. The molecule has 3 rings (SSSR count). The van der Waals surface area contributed by atoms with Gasteiger partial charge >= 0.3 is 0 Å². The van der Waals surface area contributed by atoms with E-state index in [2.05, 4.69) is 13.8 Å². The van der Waals surface area contributed by atoms with Gasteiger partial charge in [0, 0.05) is 11.8 Å². The minimum atomic E-state index is 0.243. The maximum absolute atomic E-state index is 12.5. The van der Waals surface area contributed by atoms with E-state index in [9.17, 15) is 4.79 Å². The van der Waals surface area contributed by atoms with Crippen LogP contribution in [-0.4, -0.2) is 5.78 Å². The molecule has 3 aliphatic carbocycles. The van der Waals surface area contributed by atoms with Gasteiger partial charge in [0.15, 0.2) is 0 Å². The Morgan fingerprint density at radius 2 is 1.53 bits per heavy atom. The second-order valence-corrected chi connectivity index (χ2v) is 7.71. The lowest BCUT2D eigenvalue weighted by Gasteiger charge is -2.50. The van der Waals surface area contributed by atoms with Crippen LogP contribution in [0.4, 0.5) is 0 Å². The number of carbonyl (C=O) groups is 1. The predicted octanol–water partition coefficient (Wildman–Crippen LogP) is 4.84. The number of hydrogen-bond acceptors (Lipinski definition) is 1. The van der Waals surface area contributed by atoms with Crippen LogP contribution in [-0.2, 0) is 4.79 Å². The van der Waals surface area contributed by atoms with E-state index >= 15 is 0 Å². The van der Waals surface area contributed by atoms with Crippen LogP contribution >= 0.6 is 0 Å². The molecule has 0 aliphatic heterocycles. The van der Waals surface area contributed by atoms with Crippen LogP contribution in [0.5, 0.6) is 0 Å². The second-order valence-electron chi connectivity index (χ2n) is 7.71. The van der Waals surface area contributed by atoms with Crippen LogP contribution in [0.3, 0.4) is 0 Å². The summed E-state index contributed by atoms with van der Waals surface area (Å²) in [4.78, 5) is 12.5. The predicted molar refractivity (Wildman–Crippen MR) is 78.8 cm³/mol. The Kier molecular flexibility index (Phi) is 4.01. The molecule has 3 fully saturated rings. The Morgan fingerprint density at radius 3 is 2.32 bits per heavy atom. The van der Waals surface area contributed by atoms with Gasteiger partial charge in [-0.15, -0.1) is 0 Å². The summed E-state index contributed by atoms with van der Waals surface area (Å²) in [5.74, 6) is 4.89. The molecule has 0 aromatic heterocycles. The van der Waals surface area contributed by atoms with Gasteiger partial charge in [-0.25, -0.2) is 0 Å². The molecule has 19 heavy (non-hydrogen) atoms. The summed E-state index contributed by atoms with van der Waals surface area (Å²) in [7, 11) is 0. The van der Waals surface area contributed by atoms with Crippen molar-refractivity contribution < 1.29 is 4.79 Å². The van der Waals surface area contributed by atoms with Crippen molar-refractivity contribution in [1.29, 1.82) is 0 Å². The number of Topliss-reactive ketones (excluding diaryl/α,β-unsaturated/α-hetero) is 1. The second kappa shape index (κ2) is 5.58. The van der Waals surface area contributed by atoms with Crippen LogP contribution in [0, 0.1) is 35.5 Å². The molecule has 3 aliphatic rings. The first-order valence-electron chi connectivity index (χ1n) is 8.72. The van der Waals surface area contributed by atoms with E-state index in [1.165, 1.54) is 57.8 Å². The van der Waals surface area contributed by atoms with Crippen LogP contribution in [0.2, 0.25) is 0 Å². The number of ketones is 1. The first-order valence-corrected chi connectivity index (χ1v) is 8.72. The summed E-state index contributed by atoms with van der Waals surface area (Å²) in [5.41, 5.74) is 0. The lowest BCUT2D eigenvalue weighted by molar-refractivity contribution is -0.132. The van der Waals surface area contributed by atoms with E-state index in [4.69, 9.17) is 0 Å². The minimum absolute atomic E-state index is 0.243. The van der Waals surface area contributed by atoms with Crippen LogP contribution in [0.15, 0.2) is 0 Å². The van der Waals surface area contributed by atoms with E-state index < -0.39 is 0 Å². The van der Waals surface area contributed by atoms with Gasteiger partial charge in [0.05, 0.1) is 0 Å². The molecule has 0 heterocycles. The quantitative estimate of drug-likeness (QED) is 0.695. The normalized spacial score (nSPS) is 42.6.